The fraction of sp³-hybridized carbons (Fsp3) is 0.909. The molecule has 0 aromatic heterocycles. The summed E-state index contributed by atoms with van der Waals surface area (Å²) in [6.45, 7) is 6.97. The molecule has 0 aliphatic rings. The molecule has 4 N–H and O–H groups in total. The molecule has 0 saturated carbocycles. The summed E-state index contributed by atoms with van der Waals surface area (Å²) in [5, 5.41) is 12.1. The highest BCUT2D eigenvalue weighted by Gasteiger charge is 2.20. The minimum atomic E-state index is -0.332. The lowest BCUT2D eigenvalue weighted by Gasteiger charge is -2.26. The normalized spacial score (nSPS) is 12.8. The molecule has 0 saturated heterocycles. The van der Waals surface area contributed by atoms with E-state index in [2.05, 4.69) is 5.32 Å². The number of nitrogens with one attached hydrogen (secondary N) is 1. The Labute approximate surface area is 104 Å². The lowest BCUT2D eigenvalue weighted by molar-refractivity contribution is -0.121. The molecule has 0 rings (SSSR count). The Balaban J connectivity index is 0. The van der Waals surface area contributed by atoms with Crippen LogP contribution >= 0.6 is 12.4 Å². The molecular formula is C11H25ClN2O2. The quantitative estimate of drug-likeness (QED) is 0.634. The van der Waals surface area contributed by atoms with E-state index >= 15 is 0 Å². The second kappa shape index (κ2) is 8.79. The Morgan fingerprint density at radius 1 is 1.50 bits per heavy atom. The number of carbonyl (C=O) groups is 1. The summed E-state index contributed by atoms with van der Waals surface area (Å²) in [4.78, 5) is 11.3. The average Bonchev–Trinajstić information content (AvgIpc) is 2.09. The second-order valence-electron chi connectivity index (χ2n) is 4.89. The number of aliphatic hydroxyl groups is 1. The molecule has 0 bridgehead atoms. The van der Waals surface area contributed by atoms with Crippen LogP contribution < -0.4 is 11.1 Å². The summed E-state index contributed by atoms with van der Waals surface area (Å²) in [7, 11) is 0. The van der Waals surface area contributed by atoms with Crippen LogP contribution in [-0.4, -0.2) is 30.2 Å². The lowest BCUT2D eigenvalue weighted by atomic mass is 9.87. The van der Waals surface area contributed by atoms with E-state index in [1.54, 1.807) is 6.92 Å². The number of amides is 1. The highest BCUT2D eigenvalue weighted by molar-refractivity contribution is 5.85. The zero-order valence-electron chi connectivity index (χ0n) is 10.5. The van der Waals surface area contributed by atoms with Gasteiger partial charge in [0.1, 0.15) is 0 Å². The summed E-state index contributed by atoms with van der Waals surface area (Å²) >= 11 is 0. The van der Waals surface area contributed by atoms with Gasteiger partial charge in [-0.25, -0.2) is 0 Å². The molecule has 0 spiro atoms. The van der Waals surface area contributed by atoms with E-state index in [0.717, 1.165) is 6.42 Å². The number of rotatable bonds is 7. The number of carbonyl (C=O) groups excluding carboxylic acids is 1. The average molecular weight is 253 g/mol. The summed E-state index contributed by atoms with van der Waals surface area (Å²) in [5.74, 6) is 0.0408. The van der Waals surface area contributed by atoms with Crippen LogP contribution in [0.1, 0.15) is 40.0 Å². The highest BCUT2D eigenvalue weighted by atomic mass is 35.5. The molecule has 0 aromatic carbocycles. The number of halogens is 1. The van der Waals surface area contributed by atoms with Gasteiger partial charge in [-0.3, -0.25) is 4.79 Å². The molecular weight excluding hydrogens is 228 g/mol. The van der Waals surface area contributed by atoms with Gasteiger partial charge >= 0.3 is 0 Å². The Morgan fingerprint density at radius 3 is 2.50 bits per heavy atom. The topological polar surface area (TPSA) is 75.3 Å². The number of nitrogens with two attached hydrogens (primary N) is 1. The second-order valence-corrected chi connectivity index (χ2v) is 4.89. The Kier molecular flexibility index (Phi) is 9.92. The van der Waals surface area contributed by atoms with Gasteiger partial charge in [0.2, 0.25) is 5.91 Å². The summed E-state index contributed by atoms with van der Waals surface area (Å²) in [6, 6.07) is 0. The highest BCUT2D eigenvalue weighted by Crippen LogP contribution is 2.20. The van der Waals surface area contributed by atoms with E-state index in [4.69, 9.17) is 5.73 Å². The van der Waals surface area contributed by atoms with Gasteiger partial charge in [-0.2, -0.15) is 0 Å². The van der Waals surface area contributed by atoms with Crippen LogP contribution in [0, 0.1) is 5.41 Å². The van der Waals surface area contributed by atoms with E-state index < -0.39 is 0 Å². The van der Waals surface area contributed by atoms with Crippen molar-refractivity contribution in [2.45, 2.75) is 46.1 Å². The third-order valence-electron chi connectivity index (χ3n) is 2.22. The maximum absolute atomic E-state index is 11.3. The zero-order chi connectivity index (χ0) is 11.9. The van der Waals surface area contributed by atoms with Crippen molar-refractivity contribution >= 4 is 18.3 Å². The molecule has 0 aliphatic carbocycles. The van der Waals surface area contributed by atoms with Crippen molar-refractivity contribution in [3.05, 3.63) is 0 Å². The van der Waals surface area contributed by atoms with Gasteiger partial charge in [0.15, 0.2) is 0 Å². The monoisotopic (exact) mass is 252 g/mol. The predicted molar refractivity (Wildman–Crippen MR) is 68.6 cm³/mol. The summed E-state index contributed by atoms with van der Waals surface area (Å²) < 4.78 is 0. The molecule has 1 atom stereocenters. The van der Waals surface area contributed by atoms with Crippen molar-refractivity contribution in [2.24, 2.45) is 11.1 Å². The van der Waals surface area contributed by atoms with Crippen LogP contribution in [0.4, 0.5) is 0 Å². The Bertz CT molecular complexity index is 196. The van der Waals surface area contributed by atoms with Crippen LogP contribution in [0.15, 0.2) is 0 Å². The maximum atomic E-state index is 11.3. The molecule has 0 aromatic rings. The van der Waals surface area contributed by atoms with E-state index in [9.17, 15) is 9.90 Å². The SMILES string of the molecule is CC(O)CC(C)(C)CNC(=O)CCCN.Cl. The van der Waals surface area contributed by atoms with Gasteiger partial charge in [0.05, 0.1) is 6.10 Å². The zero-order valence-corrected chi connectivity index (χ0v) is 11.3. The third-order valence-corrected chi connectivity index (χ3v) is 2.22. The van der Waals surface area contributed by atoms with Crippen LogP contribution in [0.25, 0.3) is 0 Å². The van der Waals surface area contributed by atoms with Gasteiger partial charge in [-0.1, -0.05) is 13.8 Å². The number of hydrogen-bond donors (Lipinski definition) is 3. The van der Waals surface area contributed by atoms with Crippen molar-refractivity contribution in [3.8, 4) is 0 Å². The molecule has 98 valence electrons. The molecule has 0 aliphatic heterocycles. The molecule has 5 heteroatoms. The van der Waals surface area contributed by atoms with Gasteiger partial charge < -0.3 is 16.2 Å². The summed E-state index contributed by atoms with van der Waals surface area (Å²) in [6.07, 6.45) is 1.56. The number of aliphatic hydroxyl groups excluding tert-OH is 1. The largest absolute Gasteiger partial charge is 0.393 e. The van der Waals surface area contributed by atoms with E-state index in [1.165, 1.54) is 0 Å². The molecule has 4 nitrogen and oxygen atoms in total. The van der Waals surface area contributed by atoms with Crippen molar-refractivity contribution in [1.82, 2.24) is 5.32 Å². The van der Waals surface area contributed by atoms with E-state index in [1.807, 2.05) is 13.8 Å². The molecule has 1 amide bonds. The minimum Gasteiger partial charge on any atom is -0.393 e. The Hall–Kier alpha value is -0.320. The number of hydrogen-bond acceptors (Lipinski definition) is 3. The fourth-order valence-corrected chi connectivity index (χ4v) is 1.56. The van der Waals surface area contributed by atoms with Gasteiger partial charge in [0.25, 0.3) is 0 Å². The van der Waals surface area contributed by atoms with Crippen molar-refractivity contribution < 1.29 is 9.90 Å². The first kappa shape index (κ1) is 18.1. The molecule has 0 heterocycles. The van der Waals surface area contributed by atoms with Crippen LogP contribution in [-0.2, 0) is 4.79 Å². The standard InChI is InChI=1S/C11H24N2O2.ClH/c1-9(14)7-11(2,3)8-13-10(15)5-4-6-12;/h9,14H,4-8,12H2,1-3H3,(H,13,15);1H. The first-order valence-corrected chi connectivity index (χ1v) is 5.52. The molecule has 0 fully saturated rings. The smallest absolute Gasteiger partial charge is 0.220 e. The Morgan fingerprint density at radius 2 is 2.06 bits per heavy atom. The van der Waals surface area contributed by atoms with Crippen LogP contribution in [0.2, 0.25) is 0 Å². The van der Waals surface area contributed by atoms with Gasteiger partial charge in [-0.05, 0) is 31.7 Å². The van der Waals surface area contributed by atoms with Crippen molar-refractivity contribution in [2.75, 3.05) is 13.1 Å². The first-order valence-electron chi connectivity index (χ1n) is 5.52. The predicted octanol–water partition coefficient (Wildman–Crippen LogP) is 1.06. The fourth-order valence-electron chi connectivity index (χ4n) is 1.56. The third kappa shape index (κ3) is 10.2. The summed E-state index contributed by atoms with van der Waals surface area (Å²) in [5.41, 5.74) is 5.25. The van der Waals surface area contributed by atoms with Crippen LogP contribution in [0.5, 0.6) is 0 Å². The van der Waals surface area contributed by atoms with Gasteiger partial charge in [0, 0.05) is 13.0 Å². The molecule has 16 heavy (non-hydrogen) atoms. The molecule has 1 unspecified atom stereocenters. The maximum Gasteiger partial charge on any atom is 0.220 e. The van der Waals surface area contributed by atoms with Crippen molar-refractivity contribution in [3.63, 3.8) is 0 Å². The van der Waals surface area contributed by atoms with Crippen molar-refractivity contribution in [1.29, 1.82) is 0 Å². The van der Waals surface area contributed by atoms with E-state index in [0.29, 0.717) is 25.9 Å². The first-order chi connectivity index (χ1) is 6.87. The minimum absolute atomic E-state index is 0. The molecule has 0 radical (unpaired) electrons. The lowest BCUT2D eigenvalue weighted by Crippen LogP contribution is -2.35. The van der Waals surface area contributed by atoms with E-state index in [-0.39, 0.29) is 29.8 Å². The van der Waals surface area contributed by atoms with Gasteiger partial charge in [-0.15, -0.1) is 12.4 Å². The van der Waals surface area contributed by atoms with Crippen LogP contribution in [0.3, 0.4) is 0 Å².